The van der Waals surface area contributed by atoms with Crippen LogP contribution >= 0.6 is 23.2 Å². The van der Waals surface area contributed by atoms with Crippen molar-refractivity contribution in [3.05, 3.63) is 28.3 Å². The van der Waals surface area contributed by atoms with Crippen LogP contribution in [0.1, 0.15) is 24.3 Å². The van der Waals surface area contributed by atoms with Gasteiger partial charge in [0.25, 0.3) is 10.0 Å². The summed E-state index contributed by atoms with van der Waals surface area (Å²) in [6.45, 7) is 0. The van der Waals surface area contributed by atoms with Gasteiger partial charge in [-0.1, -0.05) is 23.2 Å². The van der Waals surface area contributed by atoms with Crippen molar-refractivity contribution in [2.45, 2.75) is 23.7 Å². The zero-order chi connectivity index (χ0) is 15.2. The van der Waals surface area contributed by atoms with Gasteiger partial charge in [-0.2, -0.15) is 15.1 Å². The highest BCUT2D eigenvalue weighted by Crippen LogP contribution is 2.45. The molecule has 1 saturated carbocycles. The van der Waals surface area contributed by atoms with E-state index in [-0.39, 0.29) is 27.1 Å². The van der Waals surface area contributed by atoms with Crippen molar-refractivity contribution in [3.8, 4) is 0 Å². The molecule has 0 aromatic carbocycles. The minimum Gasteiger partial charge on any atom is -0.274 e. The van der Waals surface area contributed by atoms with Crippen molar-refractivity contribution >= 4 is 39.2 Å². The molecule has 2 heterocycles. The normalized spacial score (nSPS) is 15.2. The molecule has 112 valence electrons. The Labute approximate surface area is 131 Å². The van der Waals surface area contributed by atoms with Gasteiger partial charge in [0, 0.05) is 18.8 Å². The molecule has 0 saturated heterocycles. The maximum Gasteiger partial charge on any atom is 0.267 e. The number of aryl methyl sites for hydroxylation is 1. The Morgan fingerprint density at radius 3 is 2.38 bits per heavy atom. The number of aromatic nitrogens is 4. The lowest BCUT2D eigenvalue weighted by Crippen LogP contribution is -2.15. The lowest BCUT2D eigenvalue weighted by atomic mass is 10.2. The molecular formula is C11H11Cl2N5O2S. The summed E-state index contributed by atoms with van der Waals surface area (Å²) in [5, 5.41) is 4.17. The van der Waals surface area contributed by atoms with E-state index in [9.17, 15) is 8.42 Å². The smallest absolute Gasteiger partial charge is 0.267 e. The van der Waals surface area contributed by atoms with Gasteiger partial charge in [0.05, 0.1) is 6.20 Å². The van der Waals surface area contributed by atoms with E-state index in [4.69, 9.17) is 23.2 Å². The van der Waals surface area contributed by atoms with Gasteiger partial charge >= 0.3 is 0 Å². The van der Waals surface area contributed by atoms with Crippen molar-refractivity contribution in [3.63, 3.8) is 0 Å². The molecule has 3 rings (SSSR count). The fraction of sp³-hybridized carbons (Fsp3) is 0.364. The van der Waals surface area contributed by atoms with E-state index in [1.54, 1.807) is 7.05 Å². The van der Waals surface area contributed by atoms with Gasteiger partial charge in [-0.05, 0) is 18.8 Å². The van der Waals surface area contributed by atoms with Crippen molar-refractivity contribution < 1.29 is 8.42 Å². The molecule has 0 bridgehead atoms. The molecule has 1 aliphatic rings. The van der Waals surface area contributed by atoms with Crippen molar-refractivity contribution in [1.29, 1.82) is 0 Å². The Bertz CT molecular complexity index is 778. The zero-order valence-electron chi connectivity index (χ0n) is 10.9. The van der Waals surface area contributed by atoms with Crippen LogP contribution in [-0.4, -0.2) is 28.2 Å². The number of hydrogen-bond acceptors (Lipinski definition) is 5. The molecule has 0 radical (unpaired) electrons. The SMILES string of the molecule is Cn1cc(S(=O)(=O)Nc2nc(Cl)c(C3CC3)c(Cl)n2)cn1. The largest absolute Gasteiger partial charge is 0.274 e. The van der Waals surface area contributed by atoms with Crippen molar-refractivity contribution in [1.82, 2.24) is 19.7 Å². The second-order valence-electron chi connectivity index (χ2n) is 4.77. The first kappa shape index (κ1) is 14.6. The molecular weight excluding hydrogens is 337 g/mol. The molecule has 1 N–H and O–H groups in total. The standard InChI is InChI=1S/C11H11Cl2N5O2S/c1-18-5-7(4-14-18)21(19,20)17-11-15-9(12)8(6-2-3-6)10(13)16-11/h4-6H,2-3H2,1H3,(H,15,16,17). The minimum atomic E-state index is -3.82. The summed E-state index contributed by atoms with van der Waals surface area (Å²) >= 11 is 12.1. The van der Waals surface area contributed by atoms with Crippen LogP contribution in [0.2, 0.25) is 10.3 Å². The molecule has 0 unspecified atom stereocenters. The van der Waals surface area contributed by atoms with E-state index in [1.165, 1.54) is 17.1 Å². The van der Waals surface area contributed by atoms with Gasteiger partial charge in [0.1, 0.15) is 15.2 Å². The van der Waals surface area contributed by atoms with Gasteiger partial charge in [0.15, 0.2) is 0 Å². The number of nitrogens with zero attached hydrogens (tertiary/aromatic N) is 4. The summed E-state index contributed by atoms with van der Waals surface area (Å²) < 4.78 is 27.9. The summed E-state index contributed by atoms with van der Waals surface area (Å²) in [5.74, 6) is 0.118. The third-order valence-corrected chi connectivity index (χ3v) is 4.91. The summed E-state index contributed by atoms with van der Waals surface area (Å²) in [6, 6.07) is 0. The maximum absolute atomic E-state index is 12.1. The lowest BCUT2D eigenvalue weighted by Gasteiger charge is -2.08. The number of hydrogen-bond donors (Lipinski definition) is 1. The first-order valence-corrected chi connectivity index (χ1v) is 8.35. The fourth-order valence-corrected chi connectivity index (χ4v) is 3.51. The third kappa shape index (κ3) is 2.97. The van der Waals surface area contributed by atoms with E-state index < -0.39 is 10.0 Å². The monoisotopic (exact) mass is 347 g/mol. The van der Waals surface area contributed by atoms with Gasteiger partial charge in [-0.25, -0.2) is 13.1 Å². The van der Waals surface area contributed by atoms with Crippen LogP contribution in [0.5, 0.6) is 0 Å². The number of anilines is 1. The quantitative estimate of drug-likeness (QED) is 0.856. The Kier molecular flexibility index (Phi) is 3.54. The van der Waals surface area contributed by atoms with E-state index in [1.807, 2.05) is 0 Å². The summed E-state index contributed by atoms with van der Waals surface area (Å²) in [4.78, 5) is 7.94. The average molecular weight is 348 g/mol. The van der Waals surface area contributed by atoms with E-state index in [0.717, 1.165) is 12.8 Å². The molecule has 0 amide bonds. The van der Waals surface area contributed by atoms with E-state index in [2.05, 4.69) is 19.8 Å². The second-order valence-corrected chi connectivity index (χ2v) is 7.17. The van der Waals surface area contributed by atoms with Gasteiger partial charge in [-0.15, -0.1) is 0 Å². The van der Waals surface area contributed by atoms with Gasteiger partial charge in [-0.3, -0.25) is 4.68 Å². The van der Waals surface area contributed by atoms with Crippen molar-refractivity contribution in [2.24, 2.45) is 7.05 Å². The van der Waals surface area contributed by atoms with Crippen LogP contribution in [0.4, 0.5) is 5.95 Å². The summed E-state index contributed by atoms with van der Waals surface area (Å²) in [6.07, 6.45) is 4.57. The Balaban J connectivity index is 1.91. The predicted octanol–water partition coefficient (Wildman–Crippen LogP) is 2.20. The minimum absolute atomic E-state index is 0.00659. The lowest BCUT2D eigenvalue weighted by molar-refractivity contribution is 0.600. The Morgan fingerprint density at radius 2 is 1.90 bits per heavy atom. The van der Waals surface area contributed by atoms with Crippen LogP contribution in [0.25, 0.3) is 0 Å². The number of nitrogens with one attached hydrogen (secondary N) is 1. The van der Waals surface area contributed by atoms with Crippen LogP contribution < -0.4 is 4.72 Å². The zero-order valence-corrected chi connectivity index (χ0v) is 13.2. The highest BCUT2D eigenvalue weighted by atomic mass is 35.5. The molecule has 0 aliphatic heterocycles. The van der Waals surface area contributed by atoms with Crippen LogP contribution in [0.15, 0.2) is 17.3 Å². The van der Waals surface area contributed by atoms with Crippen molar-refractivity contribution in [2.75, 3.05) is 4.72 Å². The molecule has 2 aromatic rings. The highest BCUT2D eigenvalue weighted by molar-refractivity contribution is 7.92. The first-order chi connectivity index (χ1) is 9.87. The van der Waals surface area contributed by atoms with Crippen LogP contribution in [-0.2, 0) is 17.1 Å². The predicted molar refractivity (Wildman–Crippen MR) is 78.0 cm³/mol. The molecule has 2 aromatic heterocycles. The second kappa shape index (κ2) is 5.11. The number of sulfonamides is 1. The van der Waals surface area contributed by atoms with Crippen LogP contribution in [0, 0.1) is 0 Å². The third-order valence-electron chi connectivity index (χ3n) is 3.06. The summed E-state index contributed by atoms with van der Waals surface area (Å²) in [5.41, 5.74) is 0.683. The summed E-state index contributed by atoms with van der Waals surface area (Å²) in [7, 11) is -2.20. The molecule has 0 atom stereocenters. The fourth-order valence-electron chi connectivity index (χ4n) is 1.89. The molecule has 1 aliphatic carbocycles. The highest BCUT2D eigenvalue weighted by Gasteiger charge is 2.30. The molecule has 1 fully saturated rings. The average Bonchev–Trinajstić information content (AvgIpc) is 3.08. The molecule has 0 spiro atoms. The Hall–Kier alpha value is -1.38. The Morgan fingerprint density at radius 1 is 1.29 bits per heavy atom. The topological polar surface area (TPSA) is 89.8 Å². The molecule has 7 nitrogen and oxygen atoms in total. The first-order valence-electron chi connectivity index (χ1n) is 6.11. The van der Waals surface area contributed by atoms with E-state index >= 15 is 0 Å². The molecule has 10 heteroatoms. The number of halogens is 2. The molecule has 21 heavy (non-hydrogen) atoms. The van der Waals surface area contributed by atoms with Gasteiger partial charge < -0.3 is 0 Å². The van der Waals surface area contributed by atoms with Gasteiger partial charge in [0.2, 0.25) is 5.95 Å². The van der Waals surface area contributed by atoms with Crippen LogP contribution in [0.3, 0.4) is 0 Å². The maximum atomic E-state index is 12.1. The number of rotatable bonds is 4. The van der Waals surface area contributed by atoms with E-state index in [0.29, 0.717) is 5.56 Å².